The van der Waals surface area contributed by atoms with E-state index in [1.807, 2.05) is 55.5 Å². The van der Waals surface area contributed by atoms with Crippen molar-refractivity contribution in [3.63, 3.8) is 0 Å². The zero-order valence-electron chi connectivity index (χ0n) is 14.6. The van der Waals surface area contributed by atoms with Crippen LogP contribution in [-0.2, 0) is 6.61 Å². The Kier molecular flexibility index (Phi) is 6.17. The first-order valence-corrected chi connectivity index (χ1v) is 8.94. The number of thiocarbonyl (C=S) groups is 1. The maximum atomic E-state index is 6.07. The van der Waals surface area contributed by atoms with Crippen molar-refractivity contribution in [3.05, 3.63) is 77.9 Å². The van der Waals surface area contributed by atoms with E-state index in [9.17, 15) is 0 Å². The van der Waals surface area contributed by atoms with E-state index < -0.39 is 0 Å². The molecule has 0 aromatic heterocycles. The Bertz CT molecular complexity index is 910. The summed E-state index contributed by atoms with van der Waals surface area (Å²) >= 11 is 5.15. The molecule has 0 aliphatic rings. The molecule has 0 bridgehead atoms. The van der Waals surface area contributed by atoms with Crippen LogP contribution < -0.4 is 15.5 Å². The molecular weight excluding hydrogens is 342 g/mol. The first kappa shape index (κ1) is 17.9. The van der Waals surface area contributed by atoms with Gasteiger partial charge in [0, 0.05) is 12.1 Å². The number of ether oxygens (including phenoxy) is 1. The van der Waals surface area contributed by atoms with Gasteiger partial charge >= 0.3 is 0 Å². The van der Waals surface area contributed by atoms with Crippen LogP contribution in [0.2, 0.25) is 0 Å². The quantitative estimate of drug-likeness (QED) is 0.391. The van der Waals surface area contributed by atoms with E-state index in [4.69, 9.17) is 17.0 Å². The van der Waals surface area contributed by atoms with Gasteiger partial charge in [-0.1, -0.05) is 60.7 Å². The van der Waals surface area contributed by atoms with Crippen molar-refractivity contribution in [3.8, 4) is 5.75 Å². The zero-order chi connectivity index (χ0) is 18.2. The lowest BCUT2D eigenvalue weighted by molar-refractivity contribution is 0.306. The number of hydrazone groups is 1. The van der Waals surface area contributed by atoms with Crippen LogP contribution in [0.4, 0.5) is 0 Å². The first-order valence-electron chi connectivity index (χ1n) is 8.53. The van der Waals surface area contributed by atoms with Gasteiger partial charge in [-0.15, -0.1) is 0 Å². The van der Waals surface area contributed by atoms with E-state index >= 15 is 0 Å². The summed E-state index contributed by atoms with van der Waals surface area (Å²) in [6.45, 7) is 3.24. The van der Waals surface area contributed by atoms with Gasteiger partial charge in [0.05, 0.1) is 6.21 Å². The smallest absolute Gasteiger partial charge is 0.186 e. The minimum absolute atomic E-state index is 0.496. The van der Waals surface area contributed by atoms with Gasteiger partial charge in [0.2, 0.25) is 0 Å². The van der Waals surface area contributed by atoms with Gasteiger partial charge < -0.3 is 10.1 Å². The van der Waals surface area contributed by atoms with Crippen LogP contribution in [0.15, 0.2) is 71.8 Å². The fraction of sp³-hybridized carbons (Fsp3) is 0.143. The Morgan fingerprint density at radius 1 is 1.04 bits per heavy atom. The molecule has 0 amide bonds. The Balaban J connectivity index is 1.86. The summed E-state index contributed by atoms with van der Waals surface area (Å²) < 4.78 is 6.07. The highest BCUT2D eigenvalue weighted by Gasteiger charge is 2.07. The monoisotopic (exact) mass is 363 g/mol. The lowest BCUT2D eigenvalue weighted by atomic mass is 10.0. The number of nitrogens with zero attached hydrogens (tertiary/aromatic N) is 1. The average Bonchev–Trinajstić information content (AvgIpc) is 2.68. The van der Waals surface area contributed by atoms with Crippen LogP contribution in [0.3, 0.4) is 0 Å². The van der Waals surface area contributed by atoms with Gasteiger partial charge in [-0.3, -0.25) is 5.43 Å². The fourth-order valence-electron chi connectivity index (χ4n) is 2.63. The minimum Gasteiger partial charge on any atom is -0.488 e. The molecule has 0 saturated heterocycles. The molecule has 0 radical (unpaired) electrons. The second kappa shape index (κ2) is 8.97. The Hall–Kier alpha value is -2.92. The molecule has 4 nitrogen and oxygen atoms in total. The maximum Gasteiger partial charge on any atom is 0.186 e. The molecule has 0 aliphatic heterocycles. The normalized spacial score (nSPS) is 10.8. The predicted molar refractivity (Wildman–Crippen MR) is 112 cm³/mol. The third kappa shape index (κ3) is 4.58. The van der Waals surface area contributed by atoms with Gasteiger partial charge in [-0.05, 0) is 41.5 Å². The molecule has 0 heterocycles. The van der Waals surface area contributed by atoms with E-state index in [2.05, 4.69) is 34.0 Å². The van der Waals surface area contributed by atoms with Crippen molar-refractivity contribution in [2.45, 2.75) is 13.5 Å². The minimum atomic E-state index is 0.496. The third-order valence-corrected chi connectivity index (χ3v) is 4.10. The fourth-order valence-corrected chi connectivity index (χ4v) is 2.82. The van der Waals surface area contributed by atoms with Crippen molar-refractivity contribution in [2.75, 3.05) is 6.54 Å². The molecule has 0 unspecified atom stereocenters. The van der Waals surface area contributed by atoms with Gasteiger partial charge in [0.15, 0.2) is 5.11 Å². The highest BCUT2D eigenvalue weighted by atomic mass is 32.1. The topological polar surface area (TPSA) is 45.7 Å². The van der Waals surface area contributed by atoms with Crippen LogP contribution in [-0.4, -0.2) is 17.9 Å². The summed E-state index contributed by atoms with van der Waals surface area (Å²) in [5.41, 5.74) is 4.87. The van der Waals surface area contributed by atoms with Crippen molar-refractivity contribution in [1.82, 2.24) is 10.7 Å². The summed E-state index contributed by atoms with van der Waals surface area (Å²) in [6.07, 6.45) is 1.76. The standard InChI is InChI=1S/C21H21N3OS/c1-2-22-21(26)24-23-14-19-18-11-7-6-10-17(18)12-13-20(19)25-15-16-8-4-3-5-9-16/h3-14H,2,15H2,1H3,(H2,22,24,26)/b23-14+. The van der Waals surface area contributed by atoms with Crippen molar-refractivity contribution in [1.29, 1.82) is 0 Å². The van der Waals surface area contributed by atoms with E-state index in [0.717, 1.165) is 34.2 Å². The number of rotatable bonds is 6. The zero-order valence-corrected chi connectivity index (χ0v) is 15.4. The number of hydrogen-bond acceptors (Lipinski definition) is 3. The number of fused-ring (bicyclic) bond motifs is 1. The summed E-state index contributed by atoms with van der Waals surface area (Å²) in [6, 6.07) is 22.3. The molecule has 0 fully saturated rings. The van der Waals surface area contributed by atoms with Crippen LogP contribution in [0.5, 0.6) is 5.75 Å². The molecule has 2 N–H and O–H groups in total. The average molecular weight is 363 g/mol. The molecule has 3 rings (SSSR count). The van der Waals surface area contributed by atoms with Crippen molar-refractivity contribution in [2.24, 2.45) is 5.10 Å². The third-order valence-electron chi connectivity index (χ3n) is 3.86. The van der Waals surface area contributed by atoms with E-state index in [0.29, 0.717) is 11.7 Å². The molecule has 3 aromatic carbocycles. The SMILES string of the molecule is CCNC(=S)N/N=C/c1c(OCc2ccccc2)ccc2ccccc12. The molecule has 26 heavy (non-hydrogen) atoms. The van der Waals surface area contributed by atoms with Crippen molar-refractivity contribution < 1.29 is 4.74 Å². The van der Waals surface area contributed by atoms with E-state index in [-0.39, 0.29) is 0 Å². The summed E-state index contributed by atoms with van der Waals surface area (Å²) in [5, 5.41) is 9.98. The largest absolute Gasteiger partial charge is 0.488 e. The van der Waals surface area contributed by atoms with Crippen LogP contribution in [0, 0.1) is 0 Å². The Morgan fingerprint density at radius 3 is 2.62 bits per heavy atom. The molecule has 0 aliphatic carbocycles. The number of nitrogens with one attached hydrogen (secondary N) is 2. The lowest BCUT2D eigenvalue weighted by Gasteiger charge is -2.12. The molecule has 132 valence electrons. The summed E-state index contributed by atoms with van der Waals surface area (Å²) in [5.74, 6) is 0.785. The van der Waals surface area contributed by atoms with Crippen LogP contribution >= 0.6 is 12.2 Å². The molecule has 3 aromatic rings. The van der Waals surface area contributed by atoms with E-state index in [1.54, 1.807) is 6.21 Å². The highest BCUT2D eigenvalue weighted by molar-refractivity contribution is 7.80. The number of hydrogen-bond donors (Lipinski definition) is 2. The Labute approximate surface area is 158 Å². The molecule has 0 spiro atoms. The van der Waals surface area contributed by atoms with Gasteiger partial charge in [0.25, 0.3) is 0 Å². The van der Waals surface area contributed by atoms with Gasteiger partial charge in [-0.25, -0.2) is 0 Å². The molecule has 0 atom stereocenters. The second-order valence-corrected chi connectivity index (χ2v) is 6.11. The number of benzene rings is 3. The predicted octanol–water partition coefficient (Wildman–Crippen LogP) is 4.24. The Morgan fingerprint density at radius 2 is 1.81 bits per heavy atom. The second-order valence-electron chi connectivity index (χ2n) is 5.70. The highest BCUT2D eigenvalue weighted by Crippen LogP contribution is 2.27. The van der Waals surface area contributed by atoms with Crippen molar-refractivity contribution >= 4 is 34.3 Å². The van der Waals surface area contributed by atoms with Crippen LogP contribution in [0.25, 0.3) is 10.8 Å². The van der Waals surface area contributed by atoms with Gasteiger partial charge in [0.1, 0.15) is 12.4 Å². The van der Waals surface area contributed by atoms with E-state index in [1.165, 1.54) is 0 Å². The molecular formula is C21H21N3OS. The summed E-state index contributed by atoms with van der Waals surface area (Å²) in [4.78, 5) is 0. The van der Waals surface area contributed by atoms with Gasteiger partial charge in [-0.2, -0.15) is 5.10 Å². The molecule has 5 heteroatoms. The summed E-state index contributed by atoms with van der Waals surface area (Å²) in [7, 11) is 0. The first-order chi connectivity index (χ1) is 12.8. The maximum absolute atomic E-state index is 6.07. The molecule has 0 saturated carbocycles. The lowest BCUT2D eigenvalue weighted by Crippen LogP contribution is -2.31. The van der Waals surface area contributed by atoms with Crippen LogP contribution in [0.1, 0.15) is 18.1 Å².